The van der Waals surface area contributed by atoms with E-state index in [0.29, 0.717) is 19.7 Å². The van der Waals surface area contributed by atoms with Crippen molar-refractivity contribution < 1.29 is 19.4 Å². The lowest BCUT2D eigenvalue weighted by atomic mass is 10.0. The largest absolute Gasteiger partial charge is 0.481 e. The van der Waals surface area contributed by atoms with E-state index >= 15 is 0 Å². The average Bonchev–Trinajstić information content (AvgIpc) is 2.28. The Hall–Kier alpha value is -1.10. The Morgan fingerprint density at radius 3 is 2.81 bits per heavy atom. The SMILES string of the molecule is CCOC1CCCN(C(=O)C(C)C(=O)O)C1. The van der Waals surface area contributed by atoms with Crippen molar-refractivity contribution >= 4 is 11.9 Å². The number of likely N-dealkylation sites (tertiary alicyclic amines) is 1. The van der Waals surface area contributed by atoms with E-state index in [9.17, 15) is 9.59 Å². The molecule has 2 atom stereocenters. The summed E-state index contributed by atoms with van der Waals surface area (Å²) in [5.41, 5.74) is 0. The molecule has 1 amide bonds. The number of carbonyl (C=O) groups is 2. The summed E-state index contributed by atoms with van der Waals surface area (Å²) in [5.74, 6) is -2.33. The van der Waals surface area contributed by atoms with Crippen LogP contribution in [-0.2, 0) is 14.3 Å². The van der Waals surface area contributed by atoms with Gasteiger partial charge in [0.05, 0.1) is 6.10 Å². The molecule has 5 nitrogen and oxygen atoms in total. The molecule has 0 aromatic heterocycles. The van der Waals surface area contributed by atoms with E-state index in [2.05, 4.69) is 0 Å². The first-order valence-corrected chi connectivity index (χ1v) is 5.69. The molecule has 1 aliphatic rings. The second kappa shape index (κ2) is 5.84. The van der Waals surface area contributed by atoms with Crippen molar-refractivity contribution in [2.24, 2.45) is 5.92 Å². The third-order valence-corrected chi connectivity index (χ3v) is 2.83. The Morgan fingerprint density at radius 1 is 1.56 bits per heavy atom. The van der Waals surface area contributed by atoms with E-state index in [1.165, 1.54) is 6.92 Å². The van der Waals surface area contributed by atoms with Crippen molar-refractivity contribution in [1.82, 2.24) is 4.90 Å². The number of nitrogens with zero attached hydrogens (tertiary/aromatic N) is 1. The van der Waals surface area contributed by atoms with Gasteiger partial charge in [-0.2, -0.15) is 0 Å². The first kappa shape index (κ1) is 13.0. The van der Waals surface area contributed by atoms with Gasteiger partial charge in [-0.1, -0.05) is 0 Å². The molecule has 0 spiro atoms. The highest BCUT2D eigenvalue weighted by molar-refractivity contribution is 5.96. The normalized spacial score (nSPS) is 22.9. The number of amides is 1. The lowest BCUT2D eigenvalue weighted by molar-refractivity contribution is -0.152. The summed E-state index contributed by atoms with van der Waals surface area (Å²) in [5, 5.41) is 8.77. The predicted octanol–water partition coefficient (Wildman–Crippen LogP) is 0.735. The summed E-state index contributed by atoms with van der Waals surface area (Å²) in [6, 6.07) is 0. The molecule has 0 bridgehead atoms. The topological polar surface area (TPSA) is 66.8 Å². The lowest BCUT2D eigenvalue weighted by Gasteiger charge is -2.33. The van der Waals surface area contributed by atoms with Crippen LogP contribution >= 0.6 is 0 Å². The third kappa shape index (κ3) is 3.20. The van der Waals surface area contributed by atoms with E-state index in [4.69, 9.17) is 9.84 Å². The zero-order valence-corrected chi connectivity index (χ0v) is 9.81. The fourth-order valence-corrected chi connectivity index (χ4v) is 1.89. The quantitative estimate of drug-likeness (QED) is 0.722. The molecule has 1 aliphatic heterocycles. The molecule has 1 saturated heterocycles. The van der Waals surface area contributed by atoms with Crippen LogP contribution < -0.4 is 0 Å². The van der Waals surface area contributed by atoms with Crippen molar-refractivity contribution in [1.29, 1.82) is 0 Å². The van der Waals surface area contributed by atoms with Gasteiger partial charge in [0, 0.05) is 19.7 Å². The number of ether oxygens (including phenoxy) is 1. The smallest absolute Gasteiger partial charge is 0.315 e. The van der Waals surface area contributed by atoms with Crippen LogP contribution in [0.4, 0.5) is 0 Å². The van der Waals surface area contributed by atoms with E-state index < -0.39 is 11.9 Å². The minimum Gasteiger partial charge on any atom is -0.481 e. The Labute approximate surface area is 95.4 Å². The highest BCUT2D eigenvalue weighted by Crippen LogP contribution is 2.15. The molecular formula is C11H19NO4. The number of piperidine rings is 1. The standard InChI is InChI=1S/C11H19NO4/c1-3-16-9-5-4-6-12(7-9)10(13)8(2)11(14)15/h8-9H,3-7H2,1-2H3,(H,14,15). The molecule has 2 unspecified atom stereocenters. The van der Waals surface area contributed by atoms with E-state index in [-0.39, 0.29) is 12.0 Å². The molecule has 0 saturated carbocycles. The fourth-order valence-electron chi connectivity index (χ4n) is 1.89. The first-order chi connectivity index (χ1) is 7.56. The van der Waals surface area contributed by atoms with Gasteiger partial charge >= 0.3 is 5.97 Å². The number of hydrogen-bond donors (Lipinski definition) is 1. The number of hydrogen-bond acceptors (Lipinski definition) is 3. The molecule has 0 aromatic carbocycles. The minimum atomic E-state index is -1.07. The molecule has 92 valence electrons. The van der Waals surface area contributed by atoms with Crippen LogP contribution in [0.15, 0.2) is 0 Å². The van der Waals surface area contributed by atoms with Crippen LogP contribution in [0.1, 0.15) is 26.7 Å². The van der Waals surface area contributed by atoms with Gasteiger partial charge in [-0.25, -0.2) is 0 Å². The van der Waals surface area contributed by atoms with Gasteiger partial charge < -0.3 is 14.7 Å². The number of carboxylic acids is 1. The Morgan fingerprint density at radius 2 is 2.25 bits per heavy atom. The molecule has 0 aliphatic carbocycles. The molecule has 1 N–H and O–H groups in total. The summed E-state index contributed by atoms with van der Waals surface area (Å²) in [4.78, 5) is 24.1. The minimum absolute atomic E-state index is 0.0590. The molecule has 16 heavy (non-hydrogen) atoms. The van der Waals surface area contributed by atoms with Crippen LogP contribution in [0, 0.1) is 5.92 Å². The monoisotopic (exact) mass is 229 g/mol. The summed E-state index contributed by atoms with van der Waals surface area (Å²) in [7, 11) is 0. The summed E-state index contributed by atoms with van der Waals surface area (Å²) < 4.78 is 5.46. The second-order valence-electron chi connectivity index (χ2n) is 4.06. The van der Waals surface area contributed by atoms with Gasteiger partial charge in [0.1, 0.15) is 5.92 Å². The second-order valence-corrected chi connectivity index (χ2v) is 4.06. The third-order valence-electron chi connectivity index (χ3n) is 2.83. The highest BCUT2D eigenvalue weighted by atomic mass is 16.5. The average molecular weight is 229 g/mol. The van der Waals surface area contributed by atoms with Crippen molar-refractivity contribution in [2.75, 3.05) is 19.7 Å². The van der Waals surface area contributed by atoms with Crippen LogP contribution in [0.5, 0.6) is 0 Å². The molecule has 1 heterocycles. The van der Waals surface area contributed by atoms with Gasteiger partial charge in [0.15, 0.2) is 0 Å². The zero-order valence-electron chi connectivity index (χ0n) is 9.81. The Bertz CT molecular complexity index is 265. The van der Waals surface area contributed by atoms with Gasteiger partial charge in [0.2, 0.25) is 5.91 Å². The zero-order chi connectivity index (χ0) is 12.1. The number of carbonyl (C=O) groups excluding carboxylic acids is 1. The molecular weight excluding hydrogens is 210 g/mol. The van der Waals surface area contributed by atoms with Crippen molar-refractivity contribution in [3.05, 3.63) is 0 Å². The molecule has 1 fully saturated rings. The maximum absolute atomic E-state index is 11.8. The molecule has 0 radical (unpaired) electrons. The Balaban J connectivity index is 2.53. The van der Waals surface area contributed by atoms with Crippen LogP contribution in [0.25, 0.3) is 0 Å². The fraction of sp³-hybridized carbons (Fsp3) is 0.818. The molecule has 1 rings (SSSR count). The predicted molar refractivity (Wildman–Crippen MR) is 58.0 cm³/mol. The van der Waals surface area contributed by atoms with Gasteiger partial charge in [-0.05, 0) is 26.7 Å². The van der Waals surface area contributed by atoms with E-state index in [1.807, 2.05) is 6.92 Å². The van der Waals surface area contributed by atoms with Gasteiger partial charge in [0.25, 0.3) is 0 Å². The number of carboxylic acid groups (broad SMARTS) is 1. The molecule has 5 heteroatoms. The van der Waals surface area contributed by atoms with Crippen molar-refractivity contribution in [3.8, 4) is 0 Å². The maximum atomic E-state index is 11.8. The van der Waals surface area contributed by atoms with Gasteiger partial charge in [-0.3, -0.25) is 9.59 Å². The van der Waals surface area contributed by atoms with Gasteiger partial charge in [-0.15, -0.1) is 0 Å². The van der Waals surface area contributed by atoms with E-state index in [1.54, 1.807) is 4.90 Å². The van der Waals surface area contributed by atoms with Crippen molar-refractivity contribution in [3.63, 3.8) is 0 Å². The van der Waals surface area contributed by atoms with Crippen LogP contribution in [0.2, 0.25) is 0 Å². The number of aliphatic carboxylic acids is 1. The van der Waals surface area contributed by atoms with Crippen LogP contribution in [-0.4, -0.2) is 47.7 Å². The first-order valence-electron chi connectivity index (χ1n) is 5.69. The molecule has 0 aromatic rings. The van der Waals surface area contributed by atoms with E-state index in [0.717, 1.165) is 12.8 Å². The summed E-state index contributed by atoms with van der Waals surface area (Å²) in [6.45, 7) is 5.13. The Kier molecular flexibility index (Phi) is 4.73. The summed E-state index contributed by atoms with van der Waals surface area (Å²) >= 11 is 0. The maximum Gasteiger partial charge on any atom is 0.315 e. The van der Waals surface area contributed by atoms with Crippen LogP contribution in [0.3, 0.4) is 0 Å². The summed E-state index contributed by atoms with van der Waals surface area (Å²) in [6.07, 6.45) is 1.88. The highest BCUT2D eigenvalue weighted by Gasteiger charge is 2.30. The lowest BCUT2D eigenvalue weighted by Crippen LogP contribution is -2.46. The number of rotatable bonds is 4. The van der Waals surface area contributed by atoms with Crippen molar-refractivity contribution in [2.45, 2.75) is 32.8 Å².